The molecule has 3 heterocycles. The molecule has 0 aromatic rings. The third-order valence-corrected chi connectivity index (χ3v) is 3.58. The molecule has 0 amide bonds. The van der Waals surface area contributed by atoms with Crippen molar-refractivity contribution in [3.05, 3.63) is 10.4 Å². The van der Waals surface area contributed by atoms with Gasteiger partial charge in [-0.25, -0.2) is 0 Å². The van der Waals surface area contributed by atoms with Crippen molar-refractivity contribution in [1.82, 2.24) is 0 Å². The highest BCUT2D eigenvalue weighted by atomic mass is 16.9. The van der Waals surface area contributed by atoms with Crippen LogP contribution in [0.15, 0.2) is 5.11 Å². The predicted octanol–water partition coefficient (Wildman–Crippen LogP) is 1.69. The van der Waals surface area contributed by atoms with Crippen LogP contribution in [0.25, 0.3) is 10.4 Å². The van der Waals surface area contributed by atoms with Crippen molar-refractivity contribution in [3.63, 3.8) is 0 Å². The van der Waals surface area contributed by atoms with E-state index in [0.29, 0.717) is 0 Å². The summed E-state index contributed by atoms with van der Waals surface area (Å²) in [6.45, 7) is 7.50. The van der Waals surface area contributed by atoms with Gasteiger partial charge in [-0.3, -0.25) is 0 Å². The minimum atomic E-state index is -0.733. The topological polar surface area (TPSA) is 94.9 Å². The van der Waals surface area contributed by atoms with E-state index in [2.05, 4.69) is 10.0 Å². The van der Waals surface area contributed by atoms with Crippen molar-refractivity contribution >= 4 is 0 Å². The van der Waals surface area contributed by atoms with Crippen molar-refractivity contribution in [2.75, 3.05) is 6.54 Å². The van der Waals surface area contributed by atoms with Crippen LogP contribution >= 0.6 is 0 Å². The van der Waals surface area contributed by atoms with E-state index in [0.717, 1.165) is 0 Å². The first-order chi connectivity index (χ1) is 9.31. The summed E-state index contributed by atoms with van der Waals surface area (Å²) >= 11 is 0. The molecule has 3 rings (SSSR count). The minimum Gasteiger partial charge on any atom is -0.344 e. The van der Waals surface area contributed by atoms with Gasteiger partial charge in [-0.2, -0.15) is 0 Å². The van der Waals surface area contributed by atoms with Crippen LogP contribution in [-0.2, 0) is 23.7 Å². The highest BCUT2D eigenvalue weighted by Crippen LogP contribution is 2.44. The number of hydrogen-bond donors (Lipinski definition) is 0. The molecule has 3 saturated heterocycles. The Balaban J connectivity index is 1.85. The second-order valence-electron chi connectivity index (χ2n) is 6.12. The Bertz CT molecular complexity index is 448. The van der Waals surface area contributed by atoms with Gasteiger partial charge >= 0.3 is 0 Å². The number of nitrogens with zero attached hydrogens (tertiary/aromatic N) is 3. The summed E-state index contributed by atoms with van der Waals surface area (Å²) in [6.07, 6.45) is -1.93. The largest absolute Gasteiger partial charge is 0.344 e. The molecule has 5 atom stereocenters. The van der Waals surface area contributed by atoms with E-state index < -0.39 is 24.0 Å². The summed E-state index contributed by atoms with van der Waals surface area (Å²) in [5, 5.41) is 3.58. The zero-order valence-electron chi connectivity index (χ0n) is 12.0. The molecule has 3 aliphatic rings. The number of hydrogen-bond acceptors (Lipinski definition) is 6. The summed E-state index contributed by atoms with van der Waals surface area (Å²) < 4.78 is 29.2. The summed E-state index contributed by atoms with van der Waals surface area (Å²) in [7, 11) is 0. The summed E-state index contributed by atoms with van der Waals surface area (Å²) in [5.74, 6) is -1.46. The molecule has 112 valence electrons. The molecule has 3 fully saturated rings. The Morgan fingerprint density at radius 3 is 2.25 bits per heavy atom. The molecule has 20 heavy (non-hydrogen) atoms. The number of rotatable bonds is 2. The Morgan fingerprint density at radius 2 is 1.55 bits per heavy atom. The van der Waals surface area contributed by atoms with Crippen LogP contribution in [-0.4, -0.2) is 48.8 Å². The van der Waals surface area contributed by atoms with Crippen LogP contribution in [0, 0.1) is 0 Å². The van der Waals surface area contributed by atoms with E-state index in [9.17, 15) is 0 Å². The Morgan fingerprint density at radius 1 is 0.950 bits per heavy atom. The molecule has 0 spiro atoms. The SMILES string of the molecule is CC1(C)O[C@H]2OC(CN=[N+]=[N-])[C@@H]3OC(C)(C)O[C@@H]3[C@@H]2O1. The van der Waals surface area contributed by atoms with Crippen molar-refractivity contribution in [1.29, 1.82) is 0 Å². The lowest BCUT2D eigenvalue weighted by atomic mass is 9.99. The second-order valence-corrected chi connectivity index (χ2v) is 6.12. The van der Waals surface area contributed by atoms with Crippen LogP contribution in [0.4, 0.5) is 0 Å². The third-order valence-electron chi connectivity index (χ3n) is 3.58. The van der Waals surface area contributed by atoms with Crippen molar-refractivity contribution in [2.45, 2.75) is 70.0 Å². The molecule has 0 saturated carbocycles. The van der Waals surface area contributed by atoms with E-state index in [1.807, 2.05) is 27.7 Å². The highest BCUT2D eigenvalue weighted by molar-refractivity contribution is 5.00. The Labute approximate surface area is 116 Å². The molecule has 0 aromatic carbocycles. The first kappa shape index (κ1) is 14.1. The fourth-order valence-corrected chi connectivity index (χ4v) is 2.96. The number of fused-ring (bicyclic) bond motifs is 3. The van der Waals surface area contributed by atoms with Gasteiger partial charge in [-0.15, -0.1) is 0 Å². The molecule has 3 aliphatic heterocycles. The third kappa shape index (κ3) is 2.39. The van der Waals surface area contributed by atoms with E-state index in [1.165, 1.54) is 0 Å². The van der Waals surface area contributed by atoms with Crippen molar-refractivity contribution in [3.8, 4) is 0 Å². The lowest BCUT2D eigenvalue weighted by molar-refractivity contribution is -0.231. The standard InChI is InChI=1S/C12H19N3O5/c1-11(2)17-7-6(5-14-15-13)16-10-9(8(7)18-11)19-12(3,4)20-10/h6-10H,5H2,1-4H3/t6?,7-,8-,9-,10+/m0/s1. The van der Waals surface area contributed by atoms with Gasteiger partial charge in [0, 0.05) is 4.91 Å². The maximum absolute atomic E-state index is 8.49. The van der Waals surface area contributed by atoms with Gasteiger partial charge in [0.1, 0.15) is 18.3 Å². The van der Waals surface area contributed by atoms with Crippen LogP contribution in [0.5, 0.6) is 0 Å². The Kier molecular flexibility index (Phi) is 3.20. The van der Waals surface area contributed by atoms with Crippen LogP contribution in [0.2, 0.25) is 0 Å². The maximum Gasteiger partial charge on any atom is 0.190 e. The minimum absolute atomic E-state index is 0.171. The van der Waals surface area contributed by atoms with Gasteiger partial charge in [0.2, 0.25) is 0 Å². The fourth-order valence-electron chi connectivity index (χ4n) is 2.96. The zero-order chi connectivity index (χ0) is 14.5. The van der Waals surface area contributed by atoms with Crippen molar-refractivity contribution in [2.24, 2.45) is 5.11 Å². The monoisotopic (exact) mass is 285 g/mol. The summed E-state index contributed by atoms with van der Waals surface area (Å²) in [6, 6.07) is 0. The first-order valence-corrected chi connectivity index (χ1v) is 6.69. The van der Waals surface area contributed by atoms with E-state index in [-0.39, 0.29) is 24.9 Å². The number of azide groups is 1. The van der Waals surface area contributed by atoms with Gasteiger partial charge in [-0.1, -0.05) is 5.11 Å². The highest BCUT2D eigenvalue weighted by Gasteiger charge is 2.60. The van der Waals surface area contributed by atoms with Crippen LogP contribution < -0.4 is 0 Å². The van der Waals surface area contributed by atoms with Gasteiger partial charge < -0.3 is 23.7 Å². The quantitative estimate of drug-likeness (QED) is 0.437. The van der Waals surface area contributed by atoms with Crippen LogP contribution in [0.3, 0.4) is 0 Å². The molecule has 0 N–H and O–H groups in total. The smallest absolute Gasteiger partial charge is 0.190 e. The average molecular weight is 285 g/mol. The summed E-state index contributed by atoms with van der Waals surface area (Å²) in [5.41, 5.74) is 8.49. The fraction of sp³-hybridized carbons (Fsp3) is 1.00. The zero-order valence-corrected chi connectivity index (χ0v) is 12.0. The van der Waals surface area contributed by atoms with Crippen LogP contribution in [0.1, 0.15) is 27.7 Å². The van der Waals surface area contributed by atoms with Gasteiger partial charge in [-0.05, 0) is 33.2 Å². The molecule has 8 nitrogen and oxygen atoms in total. The molecular weight excluding hydrogens is 266 g/mol. The average Bonchev–Trinajstić information content (AvgIpc) is 2.80. The van der Waals surface area contributed by atoms with E-state index >= 15 is 0 Å². The van der Waals surface area contributed by atoms with Crippen molar-refractivity contribution < 1.29 is 23.7 Å². The lowest BCUT2D eigenvalue weighted by Crippen LogP contribution is -2.55. The second kappa shape index (κ2) is 4.56. The van der Waals surface area contributed by atoms with Gasteiger partial charge in [0.05, 0.1) is 12.6 Å². The number of ether oxygens (including phenoxy) is 5. The Hall–Kier alpha value is -0.890. The molecular formula is C12H19N3O5. The van der Waals surface area contributed by atoms with E-state index in [1.54, 1.807) is 0 Å². The maximum atomic E-state index is 8.49. The van der Waals surface area contributed by atoms with E-state index in [4.69, 9.17) is 29.2 Å². The van der Waals surface area contributed by atoms with Gasteiger partial charge in [0.15, 0.2) is 17.9 Å². The molecule has 0 aliphatic carbocycles. The summed E-state index contributed by atoms with van der Waals surface area (Å²) in [4.78, 5) is 2.77. The first-order valence-electron chi connectivity index (χ1n) is 6.69. The van der Waals surface area contributed by atoms with Gasteiger partial charge in [0.25, 0.3) is 0 Å². The molecule has 0 aromatic heterocycles. The molecule has 0 bridgehead atoms. The lowest BCUT2D eigenvalue weighted by Gasteiger charge is -2.36. The molecule has 8 heteroatoms. The predicted molar refractivity (Wildman–Crippen MR) is 66.5 cm³/mol. The molecule has 1 unspecified atom stereocenters. The molecule has 0 radical (unpaired) electrons. The normalized spacial score (nSPS) is 44.5.